The van der Waals surface area contributed by atoms with Crippen LogP contribution in [-0.2, 0) is 9.59 Å². The largest absolute Gasteiger partial charge is 0.387 e. The molecule has 1 heterocycles. The number of hydrogen-bond acceptors (Lipinski definition) is 3. The van der Waals surface area contributed by atoms with Crippen LogP contribution < -0.4 is 10.2 Å². The second-order valence-corrected chi connectivity index (χ2v) is 11.4. The Morgan fingerprint density at radius 2 is 1.78 bits per heavy atom. The van der Waals surface area contributed by atoms with Crippen LogP contribution >= 0.6 is 0 Å². The van der Waals surface area contributed by atoms with Gasteiger partial charge in [-0.05, 0) is 71.6 Å². The zero-order valence-corrected chi connectivity index (χ0v) is 18.0. The van der Waals surface area contributed by atoms with Gasteiger partial charge in [-0.1, -0.05) is 36.4 Å². The zero-order chi connectivity index (χ0) is 21.4. The highest BCUT2D eigenvalue weighted by atomic mass is 16.3. The van der Waals surface area contributed by atoms with Gasteiger partial charge in [0.05, 0.1) is 17.2 Å². The second-order valence-electron chi connectivity index (χ2n) is 11.4. The van der Waals surface area contributed by atoms with Gasteiger partial charge in [0.2, 0.25) is 11.8 Å². The van der Waals surface area contributed by atoms with E-state index in [1.54, 1.807) is 4.90 Å². The topological polar surface area (TPSA) is 69.6 Å². The Bertz CT molecular complexity index is 1180. The van der Waals surface area contributed by atoms with Crippen LogP contribution in [0.5, 0.6) is 0 Å². The first-order valence-electron chi connectivity index (χ1n) is 12.3. The van der Waals surface area contributed by atoms with Crippen LogP contribution in [0.1, 0.15) is 19.3 Å². The highest BCUT2D eigenvalue weighted by Gasteiger charge is 2.84. The molecule has 10 unspecified atom stereocenters. The van der Waals surface area contributed by atoms with Crippen LogP contribution in [0.3, 0.4) is 0 Å². The van der Waals surface area contributed by atoms with Crippen LogP contribution in [0.15, 0.2) is 42.5 Å². The number of aliphatic hydroxyl groups is 1. The molecule has 164 valence electrons. The van der Waals surface area contributed by atoms with Gasteiger partial charge in [0, 0.05) is 24.9 Å². The SMILES string of the molecule is O=C(NCC1(O)C2C3CC4C5C3CC2C5C41)C1CC(=O)N(c2cccc3ccccc23)C1. The monoisotopic (exact) mass is 428 g/mol. The van der Waals surface area contributed by atoms with Crippen LogP contribution in [0.2, 0.25) is 0 Å². The number of carbonyl (C=O) groups excluding carboxylic acids is 2. The normalized spacial score (nSPS) is 46.5. The van der Waals surface area contributed by atoms with Gasteiger partial charge in [-0.25, -0.2) is 0 Å². The molecule has 10 atom stereocenters. The molecule has 2 aromatic rings. The molecule has 5 aliphatic carbocycles. The average molecular weight is 429 g/mol. The molecule has 1 aliphatic heterocycles. The van der Waals surface area contributed by atoms with E-state index in [0.29, 0.717) is 42.7 Å². The standard InChI is InChI=1S/C27H28N2O3/c30-21-8-14(11-29(21)20-7-3-5-13-4-1-2-6-15(13)20)26(31)28-12-27(32)24-17-10-18-22-16(17)9-19(24)23(22)25(18)27/h1-7,14,16-19,22-25,32H,8-12H2,(H,28,31). The fourth-order valence-corrected chi connectivity index (χ4v) is 9.89. The predicted octanol–water partition coefficient (Wildman–Crippen LogP) is 2.82. The molecule has 2 aromatic carbocycles. The van der Waals surface area contributed by atoms with Gasteiger partial charge < -0.3 is 15.3 Å². The number of rotatable bonds is 4. The number of carbonyl (C=O) groups is 2. The van der Waals surface area contributed by atoms with E-state index in [1.807, 2.05) is 42.5 Å². The Kier molecular flexibility index (Phi) is 3.24. The van der Waals surface area contributed by atoms with Crippen molar-refractivity contribution in [3.63, 3.8) is 0 Å². The number of anilines is 1. The Balaban J connectivity index is 1.00. The molecular formula is C27H28N2O3. The zero-order valence-electron chi connectivity index (χ0n) is 18.0. The number of amides is 2. The second kappa shape index (κ2) is 5.74. The summed E-state index contributed by atoms with van der Waals surface area (Å²) in [5.74, 6) is 4.95. The number of nitrogens with zero attached hydrogens (tertiary/aromatic N) is 1. The van der Waals surface area contributed by atoms with Crippen molar-refractivity contribution < 1.29 is 14.7 Å². The molecule has 5 heteroatoms. The summed E-state index contributed by atoms with van der Waals surface area (Å²) >= 11 is 0. The molecule has 5 saturated carbocycles. The van der Waals surface area contributed by atoms with Crippen LogP contribution in [-0.4, -0.2) is 35.6 Å². The van der Waals surface area contributed by atoms with Gasteiger partial charge in [-0.15, -0.1) is 0 Å². The quantitative estimate of drug-likeness (QED) is 0.787. The maximum absolute atomic E-state index is 13.1. The van der Waals surface area contributed by atoms with Crippen LogP contribution in [0.25, 0.3) is 10.8 Å². The minimum absolute atomic E-state index is 0.000777. The van der Waals surface area contributed by atoms with Crippen molar-refractivity contribution in [2.24, 2.45) is 53.3 Å². The first-order chi connectivity index (χ1) is 15.6. The number of nitrogens with one attached hydrogen (secondary N) is 1. The van der Waals surface area contributed by atoms with E-state index in [-0.39, 0.29) is 24.2 Å². The lowest BCUT2D eigenvalue weighted by Gasteiger charge is -2.51. The van der Waals surface area contributed by atoms with E-state index < -0.39 is 5.60 Å². The smallest absolute Gasteiger partial charge is 0.227 e. The number of hydrogen-bond donors (Lipinski definition) is 2. The maximum Gasteiger partial charge on any atom is 0.227 e. The Hall–Kier alpha value is -2.40. The lowest BCUT2D eigenvalue weighted by molar-refractivity contribution is -0.139. The highest BCUT2D eigenvalue weighted by Crippen LogP contribution is 2.85. The Morgan fingerprint density at radius 3 is 2.69 bits per heavy atom. The average Bonchev–Trinajstić information content (AvgIpc) is 3.45. The van der Waals surface area contributed by atoms with Gasteiger partial charge in [0.1, 0.15) is 0 Å². The first-order valence-corrected chi connectivity index (χ1v) is 12.3. The summed E-state index contributed by atoms with van der Waals surface area (Å²) in [6.45, 7) is 0.782. The minimum Gasteiger partial charge on any atom is -0.387 e. The van der Waals surface area contributed by atoms with Crippen LogP contribution in [0.4, 0.5) is 5.69 Å². The maximum atomic E-state index is 13.1. The van der Waals surface area contributed by atoms with Crippen molar-refractivity contribution in [1.29, 1.82) is 0 Å². The Morgan fingerprint density at radius 1 is 1.00 bits per heavy atom. The molecule has 6 aliphatic rings. The fourth-order valence-electron chi connectivity index (χ4n) is 9.89. The van der Waals surface area contributed by atoms with Crippen molar-refractivity contribution in [2.75, 3.05) is 18.0 Å². The molecule has 0 aromatic heterocycles. The van der Waals surface area contributed by atoms with Crippen molar-refractivity contribution in [3.8, 4) is 0 Å². The van der Waals surface area contributed by atoms with Crippen molar-refractivity contribution in [1.82, 2.24) is 5.32 Å². The summed E-state index contributed by atoms with van der Waals surface area (Å²) in [5, 5.41) is 17.0. The molecule has 32 heavy (non-hydrogen) atoms. The van der Waals surface area contributed by atoms with Gasteiger partial charge in [0.15, 0.2) is 0 Å². The van der Waals surface area contributed by atoms with E-state index in [2.05, 4.69) is 5.32 Å². The van der Waals surface area contributed by atoms with E-state index in [1.165, 1.54) is 12.8 Å². The van der Waals surface area contributed by atoms with Gasteiger partial charge >= 0.3 is 0 Å². The molecule has 6 fully saturated rings. The van der Waals surface area contributed by atoms with Gasteiger partial charge in [-0.2, -0.15) is 0 Å². The molecule has 2 amide bonds. The summed E-state index contributed by atoms with van der Waals surface area (Å²) in [5.41, 5.74) is 0.171. The molecule has 0 radical (unpaired) electrons. The summed E-state index contributed by atoms with van der Waals surface area (Å²) in [6.07, 6.45) is 2.89. The third-order valence-corrected chi connectivity index (χ3v) is 10.6. The summed E-state index contributed by atoms with van der Waals surface area (Å²) in [7, 11) is 0. The van der Waals surface area contributed by atoms with E-state index >= 15 is 0 Å². The third kappa shape index (κ3) is 1.93. The lowest BCUT2D eigenvalue weighted by Crippen LogP contribution is -2.59. The van der Waals surface area contributed by atoms with Gasteiger partial charge in [0.25, 0.3) is 0 Å². The van der Waals surface area contributed by atoms with E-state index in [4.69, 9.17) is 0 Å². The summed E-state index contributed by atoms with van der Waals surface area (Å²) in [4.78, 5) is 27.8. The molecule has 2 bridgehead atoms. The molecule has 8 rings (SSSR count). The van der Waals surface area contributed by atoms with E-state index in [9.17, 15) is 14.7 Å². The predicted molar refractivity (Wildman–Crippen MR) is 120 cm³/mol. The van der Waals surface area contributed by atoms with Crippen molar-refractivity contribution >= 4 is 28.3 Å². The Labute approximate surface area is 187 Å². The summed E-state index contributed by atoms with van der Waals surface area (Å²) < 4.78 is 0. The molecule has 1 saturated heterocycles. The fraction of sp³-hybridized carbons (Fsp3) is 0.556. The molecule has 0 spiro atoms. The third-order valence-electron chi connectivity index (χ3n) is 10.6. The molecule has 5 nitrogen and oxygen atoms in total. The van der Waals surface area contributed by atoms with Crippen molar-refractivity contribution in [2.45, 2.75) is 24.9 Å². The van der Waals surface area contributed by atoms with E-state index in [0.717, 1.165) is 34.2 Å². The summed E-state index contributed by atoms with van der Waals surface area (Å²) in [6, 6.07) is 14.0. The first kappa shape index (κ1) is 18.1. The van der Waals surface area contributed by atoms with Crippen molar-refractivity contribution in [3.05, 3.63) is 42.5 Å². The lowest BCUT2D eigenvalue weighted by atomic mass is 9.56. The number of fused-ring (bicyclic) bond motifs is 3. The van der Waals surface area contributed by atoms with Gasteiger partial charge in [-0.3, -0.25) is 9.59 Å². The minimum atomic E-state index is -0.710. The molecule has 2 N–H and O–H groups in total. The highest BCUT2D eigenvalue weighted by molar-refractivity contribution is 6.07. The van der Waals surface area contributed by atoms with Crippen LogP contribution in [0, 0.1) is 53.3 Å². The molecular weight excluding hydrogens is 400 g/mol. The number of benzene rings is 2.